The Hall–Kier alpha value is -2.56. The van der Waals surface area contributed by atoms with E-state index in [2.05, 4.69) is 57.9 Å². The third-order valence-electron chi connectivity index (χ3n) is 3.83. The van der Waals surface area contributed by atoms with Crippen LogP contribution in [0.3, 0.4) is 0 Å². The number of anilines is 2. The molecule has 0 amide bonds. The van der Waals surface area contributed by atoms with Crippen LogP contribution in [0, 0.1) is 0 Å². The molecule has 0 spiro atoms. The molecule has 3 N–H and O–H groups in total. The lowest BCUT2D eigenvalue weighted by molar-refractivity contribution is 0.484. The SMILES string of the molecule is Nc1nc2n(n1)C(c1cccc3ccccc13)CCN2. The van der Waals surface area contributed by atoms with E-state index in [1.807, 2.05) is 4.68 Å². The standard InChI is InChI=1S/C15H15N5/c16-14-18-15-17-9-8-13(20(15)19-14)12-7-3-5-10-4-1-2-6-11(10)12/h1-7,13H,8-9H2,(H3,16,17,18,19). The van der Waals surface area contributed by atoms with E-state index in [1.165, 1.54) is 16.3 Å². The number of nitrogens with two attached hydrogens (primary N) is 1. The number of hydrogen-bond acceptors (Lipinski definition) is 4. The molecule has 1 aromatic heterocycles. The molecule has 0 bridgehead atoms. The van der Waals surface area contributed by atoms with Crippen molar-refractivity contribution in [3.8, 4) is 0 Å². The Balaban J connectivity index is 1.92. The largest absolute Gasteiger partial charge is 0.366 e. The zero-order chi connectivity index (χ0) is 13.5. The molecule has 0 fully saturated rings. The van der Waals surface area contributed by atoms with Crippen molar-refractivity contribution in [1.82, 2.24) is 14.8 Å². The van der Waals surface area contributed by atoms with Crippen LogP contribution < -0.4 is 11.1 Å². The molecule has 0 aliphatic carbocycles. The van der Waals surface area contributed by atoms with E-state index in [-0.39, 0.29) is 6.04 Å². The predicted octanol–water partition coefficient (Wildman–Crippen LogP) is 2.42. The average Bonchev–Trinajstić information content (AvgIpc) is 2.87. The fourth-order valence-electron chi connectivity index (χ4n) is 2.95. The molecule has 0 saturated carbocycles. The van der Waals surface area contributed by atoms with Gasteiger partial charge in [0, 0.05) is 6.54 Å². The molecule has 0 saturated heterocycles. The van der Waals surface area contributed by atoms with Gasteiger partial charge in [0.1, 0.15) is 0 Å². The summed E-state index contributed by atoms with van der Waals surface area (Å²) in [7, 11) is 0. The summed E-state index contributed by atoms with van der Waals surface area (Å²) in [6.07, 6.45) is 0.976. The van der Waals surface area contributed by atoms with Crippen molar-refractivity contribution in [2.45, 2.75) is 12.5 Å². The lowest BCUT2D eigenvalue weighted by Crippen LogP contribution is -2.24. The van der Waals surface area contributed by atoms with Gasteiger partial charge in [-0.2, -0.15) is 4.98 Å². The summed E-state index contributed by atoms with van der Waals surface area (Å²) in [5, 5.41) is 10.1. The fraction of sp³-hybridized carbons (Fsp3) is 0.200. The van der Waals surface area contributed by atoms with E-state index in [4.69, 9.17) is 5.73 Å². The summed E-state index contributed by atoms with van der Waals surface area (Å²) in [4.78, 5) is 4.23. The number of nitrogen functional groups attached to an aromatic ring is 1. The fourth-order valence-corrected chi connectivity index (χ4v) is 2.95. The molecule has 20 heavy (non-hydrogen) atoms. The topological polar surface area (TPSA) is 68.8 Å². The van der Waals surface area contributed by atoms with Crippen molar-refractivity contribution in [3.63, 3.8) is 0 Å². The number of benzene rings is 2. The molecular weight excluding hydrogens is 250 g/mol. The minimum atomic E-state index is 0.183. The van der Waals surface area contributed by atoms with Crippen LogP contribution in [0.1, 0.15) is 18.0 Å². The Morgan fingerprint density at radius 1 is 1.15 bits per heavy atom. The Labute approximate surface area is 116 Å². The highest BCUT2D eigenvalue weighted by atomic mass is 15.4. The van der Waals surface area contributed by atoms with Crippen LogP contribution in [0.4, 0.5) is 11.9 Å². The Morgan fingerprint density at radius 3 is 2.95 bits per heavy atom. The first kappa shape index (κ1) is 11.3. The predicted molar refractivity (Wildman–Crippen MR) is 79.6 cm³/mol. The van der Waals surface area contributed by atoms with Crippen LogP contribution in [0.5, 0.6) is 0 Å². The van der Waals surface area contributed by atoms with E-state index in [1.54, 1.807) is 0 Å². The van der Waals surface area contributed by atoms with E-state index in [9.17, 15) is 0 Å². The number of nitrogens with zero attached hydrogens (tertiary/aromatic N) is 3. The zero-order valence-electron chi connectivity index (χ0n) is 11.0. The quantitative estimate of drug-likeness (QED) is 0.709. The van der Waals surface area contributed by atoms with Gasteiger partial charge in [-0.25, -0.2) is 4.68 Å². The molecule has 1 aliphatic rings. The lowest BCUT2D eigenvalue weighted by atomic mass is 9.96. The summed E-state index contributed by atoms with van der Waals surface area (Å²) in [5.74, 6) is 1.08. The van der Waals surface area contributed by atoms with Crippen molar-refractivity contribution < 1.29 is 0 Å². The monoisotopic (exact) mass is 265 g/mol. The maximum Gasteiger partial charge on any atom is 0.241 e. The van der Waals surface area contributed by atoms with Gasteiger partial charge in [0.25, 0.3) is 0 Å². The number of fused-ring (bicyclic) bond motifs is 2. The number of hydrogen-bond donors (Lipinski definition) is 2. The van der Waals surface area contributed by atoms with Gasteiger partial charge in [0.05, 0.1) is 6.04 Å². The Kier molecular flexibility index (Phi) is 2.39. The van der Waals surface area contributed by atoms with Gasteiger partial charge in [0.15, 0.2) is 0 Å². The number of aromatic nitrogens is 3. The maximum atomic E-state index is 5.73. The molecule has 2 aromatic carbocycles. The summed E-state index contributed by atoms with van der Waals surface area (Å²) in [6.45, 7) is 0.881. The van der Waals surface area contributed by atoms with Crippen molar-refractivity contribution in [3.05, 3.63) is 48.0 Å². The van der Waals surface area contributed by atoms with Gasteiger partial charge >= 0.3 is 0 Å². The van der Waals surface area contributed by atoms with E-state index in [0.717, 1.165) is 18.9 Å². The molecule has 0 radical (unpaired) electrons. The third kappa shape index (κ3) is 1.63. The van der Waals surface area contributed by atoms with Crippen molar-refractivity contribution in [1.29, 1.82) is 0 Å². The molecule has 4 rings (SSSR count). The second kappa shape index (κ2) is 4.23. The van der Waals surface area contributed by atoms with Crippen LogP contribution in [0.25, 0.3) is 10.8 Å². The van der Waals surface area contributed by atoms with Crippen molar-refractivity contribution in [2.75, 3.05) is 17.6 Å². The molecule has 1 unspecified atom stereocenters. The first-order valence-electron chi connectivity index (χ1n) is 6.76. The van der Waals surface area contributed by atoms with Gasteiger partial charge in [-0.15, -0.1) is 5.10 Å². The Morgan fingerprint density at radius 2 is 2.00 bits per heavy atom. The second-order valence-corrected chi connectivity index (χ2v) is 5.04. The minimum absolute atomic E-state index is 0.183. The first-order valence-corrected chi connectivity index (χ1v) is 6.76. The smallest absolute Gasteiger partial charge is 0.241 e. The van der Waals surface area contributed by atoms with Crippen LogP contribution >= 0.6 is 0 Å². The number of nitrogens with one attached hydrogen (secondary N) is 1. The molecule has 1 atom stereocenters. The molecular formula is C15H15N5. The van der Waals surface area contributed by atoms with E-state index >= 15 is 0 Å². The van der Waals surface area contributed by atoms with Crippen LogP contribution in [0.2, 0.25) is 0 Å². The highest BCUT2D eigenvalue weighted by molar-refractivity contribution is 5.86. The summed E-state index contributed by atoms with van der Waals surface area (Å²) in [6, 6.07) is 15.0. The molecule has 5 nitrogen and oxygen atoms in total. The van der Waals surface area contributed by atoms with Crippen LogP contribution in [0.15, 0.2) is 42.5 Å². The summed E-state index contributed by atoms with van der Waals surface area (Å²) < 4.78 is 1.90. The van der Waals surface area contributed by atoms with E-state index in [0.29, 0.717) is 5.95 Å². The summed E-state index contributed by atoms with van der Waals surface area (Å²) >= 11 is 0. The normalized spacial score (nSPS) is 17.7. The van der Waals surface area contributed by atoms with Gasteiger partial charge < -0.3 is 11.1 Å². The maximum absolute atomic E-state index is 5.73. The van der Waals surface area contributed by atoms with Crippen molar-refractivity contribution >= 4 is 22.7 Å². The first-order chi connectivity index (χ1) is 9.83. The molecule has 100 valence electrons. The van der Waals surface area contributed by atoms with Gasteiger partial charge in [0.2, 0.25) is 11.9 Å². The van der Waals surface area contributed by atoms with E-state index < -0.39 is 0 Å². The average molecular weight is 265 g/mol. The Bertz CT molecular complexity index is 772. The summed E-state index contributed by atoms with van der Waals surface area (Å²) in [5.41, 5.74) is 7.00. The highest BCUT2D eigenvalue weighted by Gasteiger charge is 2.25. The van der Waals surface area contributed by atoms with Gasteiger partial charge in [-0.3, -0.25) is 0 Å². The molecule has 1 aliphatic heterocycles. The lowest BCUT2D eigenvalue weighted by Gasteiger charge is -2.25. The van der Waals surface area contributed by atoms with Crippen molar-refractivity contribution in [2.24, 2.45) is 0 Å². The zero-order valence-corrected chi connectivity index (χ0v) is 11.0. The molecule has 5 heteroatoms. The van der Waals surface area contributed by atoms with Gasteiger partial charge in [-0.1, -0.05) is 42.5 Å². The highest BCUT2D eigenvalue weighted by Crippen LogP contribution is 2.33. The van der Waals surface area contributed by atoms with Crippen LogP contribution in [-0.4, -0.2) is 21.3 Å². The minimum Gasteiger partial charge on any atom is -0.366 e. The molecule has 2 heterocycles. The molecule has 3 aromatic rings. The van der Waals surface area contributed by atoms with Gasteiger partial charge in [-0.05, 0) is 22.8 Å². The van der Waals surface area contributed by atoms with Crippen LogP contribution in [-0.2, 0) is 0 Å². The number of rotatable bonds is 1. The second-order valence-electron chi connectivity index (χ2n) is 5.04. The third-order valence-corrected chi connectivity index (χ3v) is 3.83.